The number of nitrogens with zero attached hydrogens (tertiary/aromatic N) is 1. The molecule has 7 rings (SSSR count). The zero-order valence-corrected chi connectivity index (χ0v) is 19.5. The Labute approximate surface area is 201 Å². The minimum atomic E-state index is -0.308. The third-order valence-corrected chi connectivity index (χ3v) is 8.50. The molecular weight excluding hydrogens is 414 g/mol. The molecule has 2 nitrogen and oxygen atoms in total. The highest BCUT2D eigenvalue weighted by molar-refractivity contribution is 6.12. The van der Waals surface area contributed by atoms with E-state index >= 15 is 0 Å². The summed E-state index contributed by atoms with van der Waals surface area (Å²) in [5.74, 6) is 0.371. The predicted molar refractivity (Wildman–Crippen MR) is 138 cm³/mol. The second-order valence-corrected chi connectivity index (χ2v) is 10.1. The first-order valence-electron chi connectivity index (χ1n) is 12.9. The molecule has 1 aliphatic heterocycles. The van der Waals surface area contributed by atoms with Crippen LogP contribution in [0.1, 0.15) is 62.5 Å². The molecule has 0 fully saturated rings. The van der Waals surface area contributed by atoms with Crippen molar-refractivity contribution in [2.24, 2.45) is 0 Å². The van der Waals surface area contributed by atoms with E-state index in [9.17, 15) is 4.79 Å². The van der Waals surface area contributed by atoms with Gasteiger partial charge in [-0.15, -0.1) is 0 Å². The molecule has 0 radical (unpaired) electrons. The summed E-state index contributed by atoms with van der Waals surface area (Å²) < 4.78 is 0. The summed E-state index contributed by atoms with van der Waals surface area (Å²) in [5, 5.41) is 0. The van der Waals surface area contributed by atoms with Crippen molar-refractivity contribution in [1.82, 2.24) is 0 Å². The Balaban J connectivity index is 1.63. The smallest absolute Gasteiger partial charge is 0.185 e. The number of carbonyl (C=O) groups is 1. The topological polar surface area (TPSA) is 20.3 Å². The lowest BCUT2D eigenvalue weighted by molar-refractivity contribution is -0.113. The Morgan fingerprint density at radius 3 is 1.59 bits per heavy atom. The van der Waals surface area contributed by atoms with E-state index in [0.29, 0.717) is 5.78 Å². The van der Waals surface area contributed by atoms with Crippen molar-refractivity contribution in [3.63, 3.8) is 0 Å². The van der Waals surface area contributed by atoms with E-state index in [-0.39, 0.29) is 5.41 Å². The molecule has 0 unspecified atom stereocenters. The van der Waals surface area contributed by atoms with Gasteiger partial charge in [0.05, 0.1) is 16.8 Å². The van der Waals surface area contributed by atoms with E-state index in [1.165, 1.54) is 52.2 Å². The average molecular weight is 444 g/mol. The zero-order chi connectivity index (χ0) is 22.7. The molecule has 4 aliphatic rings. The Hall–Kier alpha value is -3.39. The van der Waals surface area contributed by atoms with Gasteiger partial charge in [-0.1, -0.05) is 54.6 Å². The molecule has 1 heterocycles. The minimum absolute atomic E-state index is 0.308. The van der Waals surface area contributed by atoms with Crippen LogP contribution >= 0.6 is 0 Å². The molecule has 0 N–H and O–H groups in total. The monoisotopic (exact) mass is 443 g/mol. The molecule has 0 amide bonds. The lowest BCUT2D eigenvalue weighted by Crippen LogP contribution is -2.44. The summed E-state index contributed by atoms with van der Waals surface area (Å²) in [5.41, 5.74) is 11.1. The fraction of sp³-hybridized carbons (Fsp3) is 0.281. The minimum Gasteiger partial charge on any atom is -0.310 e. The first-order valence-corrected chi connectivity index (χ1v) is 12.9. The van der Waals surface area contributed by atoms with E-state index in [4.69, 9.17) is 0 Å². The molecule has 0 atom stereocenters. The van der Waals surface area contributed by atoms with Gasteiger partial charge in [0.1, 0.15) is 0 Å². The van der Waals surface area contributed by atoms with Crippen LogP contribution in [0.5, 0.6) is 0 Å². The molecule has 0 saturated carbocycles. The molecule has 3 aliphatic carbocycles. The van der Waals surface area contributed by atoms with Crippen LogP contribution in [0.4, 0.5) is 17.1 Å². The maximum Gasteiger partial charge on any atom is 0.185 e. The molecule has 168 valence electrons. The quantitative estimate of drug-likeness (QED) is 0.379. The van der Waals surface area contributed by atoms with Gasteiger partial charge in [-0.2, -0.15) is 0 Å². The standard InChI is InChI=1S/C32H29NO/c34-31-23-14-4-6-16-25(23)32(26-17-7-5-15-24(26)31)27-18-8-10-20-29(27)33(22-12-2-1-3-13-22)30-21-11-9-19-28(30)32/h1-3,8-13,18-21H,4-7,14-17H2. The molecule has 0 bridgehead atoms. The van der Waals surface area contributed by atoms with E-state index in [1.54, 1.807) is 0 Å². The van der Waals surface area contributed by atoms with Crippen molar-refractivity contribution in [1.29, 1.82) is 0 Å². The van der Waals surface area contributed by atoms with Gasteiger partial charge in [-0.25, -0.2) is 0 Å². The van der Waals surface area contributed by atoms with Gasteiger partial charge in [-0.05, 0) is 97.9 Å². The second-order valence-electron chi connectivity index (χ2n) is 10.1. The Kier molecular flexibility index (Phi) is 4.45. The normalized spacial score (nSPS) is 20.6. The number of para-hydroxylation sites is 3. The molecule has 1 spiro atoms. The van der Waals surface area contributed by atoms with Gasteiger partial charge in [0.15, 0.2) is 5.78 Å². The number of Topliss-reactive ketones (excluding diaryl/α,β-unsaturated/α-hetero) is 1. The molecule has 0 saturated heterocycles. The van der Waals surface area contributed by atoms with Gasteiger partial charge < -0.3 is 4.90 Å². The molecule has 2 heteroatoms. The Morgan fingerprint density at radius 1 is 0.559 bits per heavy atom. The second kappa shape index (κ2) is 7.56. The number of rotatable bonds is 1. The number of hydrogen-bond donors (Lipinski definition) is 0. The predicted octanol–water partition coefficient (Wildman–Crippen LogP) is 8.08. The van der Waals surface area contributed by atoms with Crippen molar-refractivity contribution >= 4 is 22.8 Å². The Bertz CT molecular complexity index is 1290. The van der Waals surface area contributed by atoms with Crippen molar-refractivity contribution in [3.05, 3.63) is 112 Å². The number of hydrogen-bond acceptors (Lipinski definition) is 2. The summed E-state index contributed by atoms with van der Waals surface area (Å²) in [6.45, 7) is 0. The summed E-state index contributed by atoms with van der Waals surface area (Å²) in [6, 6.07) is 28.7. The largest absolute Gasteiger partial charge is 0.310 e. The SMILES string of the molecule is O=C1C2=C(CCCC2)C2(C3=C1CCCC3)c1ccccc1N(c1ccccc1)c1ccccc12. The van der Waals surface area contributed by atoms with Crippen LogP contribution in [-0.4, -0.2) is 5.78 Å². The third-order valence-electron chi connectivity index (χ3n) is 8.50. The number of ketones is 1. The number of carbonyl (C=O) groups excluding carboxylic acids is 1. The van der Waals surface area contributed by atoms with Crippen molar-refractivity contribution in [2.45, 2.75) is 56.8 Å². The number of allylic oxidation sites excluding steroid dienone is 4. The molecule has 34 heavy (non-hydrogen) atoms. The fourth-order valence-corrected chi connectivity index (χ4v) is 7.26. The van der Waals surface area contributed by atoms with Gasteiger partial charge >= 0.3 is 0 Å². The summed E-state index contributed by atoms with van der Waals surface area (Å²) in [6.07, 6.45) is 8.49. The van der Waals surface area contributed by atoms with E-state index < -0.39 is 0 Å². The van der Waals surface area contributed by atoms with Crippen LogP contribution < -0.4 is 4.90 Å². The number of fused-ring (bicyclic) bond motifs is 6. The van der Waals surface area contributed by atoms with Gasteiger partial charge in [0, 0.05) is 16.8 Å². The first-order chi connectivity index (χ1) is 16.8. The van der Waals surface area contributed by atoms with Crippen molar-refractivity contribution < 1.29 is 4.79 Å². The molecule has 3 aromatic carbocycles. The van der Waals surface area contributed by atoms with Gasteiger partial charge in [0.25, 0.3) is 0 Å². The van der Waals surface area contributed by atoms with Crippen LogP contribution in [0.3, 0.4) is 0 Å². The lowest BCUT2D eigenvalue weighted by atomic mass is 9.53. The van der Waals surface area contributed by atoms with Crippen LogP contribution in [0.2, 0.25) is 0 Å². The van der Waals surface area contributed by atoms with Gasteiger partial charge in [-0.3, -0.25) is 4.79 Å². The molecule has 0 aromatic heterocycles. The third kappa shape index (κ3) is 2.54. The highest BCUT2D eigenvalue weighted by Crippen LogP contribution is 2.63. The maximum absolute atomic E-state index is 13.8. The van der Waals surface area contributed by atoms with Crippen LogP contribution in [-0.2, 0) is 10.2 Å². The average Bonchev–Trinajstić information content (AvgIpc) is 2.91. The number of anilines is 3. The van der Waals surface area contributed by atoms with E-state index in [1.807, 2.05) is 0 Å². The van der Waals surface area contributed by atoms with Crippen LogP contribution in [0, 0.1) is 0 Å². The van der Waals surface area contributed by atoms with Crippen LogP contribution in [0.15, 0.2) is 101 Å². The van der Waals surface area contributed by atoms with E-state index in [0.717, 1.165) is 49.7 Å². The summed E-state index contributed by atoms with van der Waals surface area (Å²) in [7, 11) is 0. The lowest BCUT2D eigenvalue weighted by Gasteiger charge is -2.52. The first kappa shape index (κ1) is 20.0. The molecule has 3 aromatic rings. The highest BCUT2D eigenvalue weighted by Gasteiger charge is 2.53. The van der Waals surface area contributed by atoms with Crippen molar-refractivity contribution in [3.8, 4) is 0 Å². The van der Waals surface area contributed by atoms with E-state index in [2.05, 4.69) is 83.8 Å². The molecular formula is C32H29NO. The highest BCUT2D eigenvalue weighted by atomic mass is 16.1. The van der Waals surface area contributed by atoms with Crippen molar-refractivity contribution in [2.75, 3.05) is 4.90 Å². The fourth-order valence-electron chi connectivity index (χ4n) is 7.26. The number of benzene rings is 3. The summed E-state index contributed by atoms with van der Waals surface area (Å²) >= 11 is 0. The summed E-state index contributed by atoms with van der Waals surface area (Å²) in [4.78, 5) is 16.2. The maximum atomic E-state index is 13.8. The van der Waals surface area contributed by atoms with Crippen LogP contribution in [0.25, 0.3) is 0 Å². The Morgan fingerprint density at radius 2 is 1.03 bits per heavy atom. The van der Waals surface area contributed by atoms with Gasteiger partial charge in [0.2, 0.25) is 0 Å². The zero-order valence-electron chi connectivity index (χ0n) is 19.5.